The van der Waals surface area contributed by atoms with Crippen molar-refractivity contribution < 1.29 is 4.74 Å². The molecule has 0 aromatic rings. The molecule has 58 valence electrons. The van der Waals surface area contributed by atoms with Gasteiger partial charge in [0, 0.05) is 12.6 Å². The molecule has 2 heteroatoms. The molecular weight excluding hydrogens is 126 g/mol. The van der Waals surface area contributed by atoms with E-state index in [1.165, 1.54) is 0 Å². The number of hydrogen-bond donors (Lipinski definition) is 1. The van der Waals surface area contributed by atoms with Crippen molar-refractivity contribution in [3.8, 4) is 0 Å². The van der Waals surface area contributed by atoms with E-state index in [9.17, 15) is 0 Å². The zero-order chi connectivity index (χ0) is 7.23. The third-order valence-electron chi connectivity index (χ3n) is 1.55. The van der Waals surface area contributed by atoms with E-state index in [-0.39, 0.29) is 0 Å². The lowest BCUT2D eigenvalue weighted by Crippen LogP contribution is -2.39. The first-order chi connectivity index (χ1) is 4.93. The second kappa shape index (κ2) is 4.47. The molecule has 1 heterocycles. The molecule has 0 amide bonds. The van der Waals surface area contributed by atoms with E-state index in [0.717, 1.165) is 26.2 Å². The quantitative estimate of drug-likeness (QED) is 0.578. The Morgan fingerprint density at radius 3 is 3.20 bits per heavy atom. The Balaban J connectivity index is 2.19. The maximum absolute atomic E-state index is 5.27. The van der Waals surface area contributed by atoms with Crippen LogP contribution in [-0.2, 0) is 4.74 Å². The molecule has 1 saturated heterocycles. The van der Waals surface area contributed by atoms with Crippen LogP contribution in [0.2, 0.25) is 0 Å². The van der Waals surface area contributed by atoms with E-state index < -0.39 is 0 Å². The summed E-state index contributed by atoms with van der Waals surface area (Å²) in [5.41, 5.74) is 0. The van der Waals surface area contributed by atoms with Crippen molar-refractivity contribution in [1.29, 1.82) is 0 Å². The van der Waals surface area contributed by atoms with Gasteiger partial charge in [-0.05, 0) is 6.42 Å². The fourth-order valence-electron chi connectivity index (χ4n) is 1.01. The van der Waals surface area contributed by atoms with Gasteiger partial charge in [0.2, 0.25) is 0 Å². The van der Waals surface area contributed by atoms with Gasteiger partial charge in [-0.3, -0.25) is 0 Å². The maximum atomic E-state index is 5.27. The number of nitrogens with one attached hydrogen (secondary N) is 1. The van der Waals surface area contributed by atoms with Crippen LogP contribution >= 0.6 is 0 Å². The zero-order valence-electron chi connectivity index (χ0n) is 6.47. The Labute approximate surface area is 62.3 Å². The van der Waals surface area contributed by atoms with E-state index in [2.05, 4.69) is 24.4 Å². The van der Waals surface area contributed by atoms with Crippen LogP contribution in [0.15, 0.2) is 12.2 Å². The Hall–Kier alpha value is -0.340. The number of ether oxygens (including phenoxy) is 1. The predicted octanol–water partition coefficient (Wildman–Crippen LogP) is 0.941. The minimum atomic E-state index is 0.452. The molecule has 1 rings (SSSR count). The highest BCUT2D eigenvalue weighted by Gasteiger charge is 2.07. The first-order valence-corrected chi connectivity index (χ1v) is 3.91. The van der Waals surface area contributed by atoms with Crippen molar-refractivity contribution in [2.45, 2.75) is 19.4 Å². The maximum Gasteiger partial charge on any atom is 0.0656 e. The summed E-state index contributed by atoms with van der Waals surface area (Å²) < 4.78 is 5.27. The van der Waals surface area contributed by atoms with E-state index >= 15 is 0 Å². The number of hydrogen-bond acceptors (Lipinski definition) is 2. The Morgan fingerprint density at radius 1 is 1.70 bits per heavy atom. The molecule has 0 radical (unpaired) electrons. The van der Waals surface area contributed by atoms with Gasteiger partial charge in [0.25, 0.3) is 0 Å². The van der Waals surface area contributed by atoms with Crippen LogP contribution < -0.4 is 5.32 Å². The van der Waals surface area contributed by atoms with Crippen molar-refractivity contribution in [2.24, 2.45) is 0 Å². The normalized spacial score (nSPS) is 27.5. The van der Waals surface area contributed by atoms with Gasteiger partial charge in [0.1, 0.15) is 0 Å². The van der Waals surface area contributed by atoms with Crippen LogP contribution in [0.1, 0.15) is 13.3 Å². The van der Waals surface area contributed by atoms with Crippen molar-refractivity contribution >= 4 is 0 Å². The molecule has 0 saturated carbocycles. The van der Waals surface area contributed by atoms with Gasteiger partial charge in [0.15, 0.2) is 0 Å². The van der Waals surface area contributed by atoms with Gasteiger partial charge in [-0.2, -0.15) is 0 Å². The van der Waals surface area contributed by atoms with Crippen LogP contribution in [0.3, 0.4) is 0 Å². The summed E-state index contributed by atoms with van der Waals surface area (Å²) in [7, 11) is 0. The lowest BCUT2D eigenvalue weighted by atomic mass is 10.2. The SMILES string of the molecule is CC/C=C\C1COCCN1. The van der Waals surface area contributed by atoms with Gasteiger partial charge in [-0.25, -0.2) is 0 Å². The average molecular weight is 141 g/mol. The predicted molar refractivity (Wildman–Crippen MR) is 42.0 cm³/mol. The molecule has 0 aliphatic carbocycles. The molecular formula is C8H15NO. The minimum absolute atomic E-state index is 0.452. The number of allylic oxidation sites excluding steroid dienone is 1. The van der Waals surface area contributed by atoms with Crippen molar-refractivity contribution in [3.05, 3.63) is 12.2 Å². The molecule has 1 fully saturated rings. The standard InChI is InChI=1S/C8H15NO/c1-2-3-4-8-7-10-6-5-9-8/h3-4,8-9H,2,5-7H2,1H3/b4-3-. The Bertz CT molecular complexity index is 106. The van der Waals surface area contributed by atoms with E-state index in [1.54, 1.807) is 0 Å². The summed E-state index contributed by atoms with van der Waals surface area (Å²) in [6, 6.07) is 0.452. The molecule has 1 unspecified atom stereocenters. The lowest BCUT2D eigenvalue weighted by Gasteiger charge is -2.20. The van der Waals surface area contributed by atoms with Gasteiger partial charge in [0.05, 0.1) is 13.2 Å². The Kier molecular flexibility index (Phi) is 3.47. The van der Waals surface area contributed by atoms with Gasteiger partial charge >= 0.3 is 0 Å². The van der Waals surface area contributed by atoms with Crippen LogP contribution in [0.5, 0.6) is 0 Å². The molecule has 1 aliphatic heterocycles. The summed E-state index contributed by atoms with van der Waals surface area (Å²) in [6.45, 7) is 4.81. The first kappa shape index (κ1) is 7.76. The molecule has 1 aliphatic rings. The second-order valence-electron chi connectivity index (χ2n) is 2.47. The smallest absolute Gasteiger partial charge is 0.0656 e. The van der Waals surface area contributed by atoms with Crippen molar-refractivity contribution in [3.63, 3.8) is 0 Å². The summed E-state index contributed by atoms with van der Waals surface area (Å²) in [6.07, 6.45) is 5.46. The lowest BCUT2D eigenvalue weighted by molar-refractivity contribution is 0.0900. The molecule has 1 atom stereocenters. The Morgan fingerprint density at radius 2 is 2.60 bits per heavy atom. The number of morpholine rings is 1. The zero-order valence-corrected chi connectivity index (χ0v) is 6.47. The highest BCUT2D eigenvalue weighted by Crippen LogP contribution is 1.94. The fourth-order valence-corrected chi connectivity index (χ4v) is 1.01. The highest BCUT2D eigenvalue weighted by molar-refractivity contribution is 4.93. The average Bonchev–Trinajstić information content (AvgIpc) is 2.03. The summed E-state index contributed by atoms with van der Waals surface area (Å²) in [5.74, 6) is 0. The summed E-state index contributed by atoms with van der Waals surface area (Å²) >= 11 is 0. The van der Waals surface area contributed by atoms with E-state index in [1.807, 2.05) is 0 Å². The van der Waals surface area contributed by atoms with E-state index in [0.29, 0.717) is 6.04 Å². The molecule has 0 spiro atoms. The van der Waals surface area contributed by atoms with Crippen molar-refractivity contribution in [1.82, 2.24) is 5.32 Å². The van der Waals surface area contributed by atoms with Crippen LogP contribution in [0.25, 0.3) is 0 Å². The topological polar surface area (TPSA) is 21.3 Å². The largest absolute Gasteiger partial charge is 0.378 e. The molecule has 0 aromatic carbocycles. The summed E-state index contributed by atoms with van der Waals surface area (Å²) in [4.78, 5) is 0. The minimum Gasteiger partial charge on any atom is -0.378 e. The van der Waals surface area contributed by atoms with Crippen LogP contribution in [0.4, 0.5) is 0 Å². The summed E-state index contributed by atoms with van der Waals surface area (Å²) in [5, 5.41) is 3.34. The first-order valence-electron chi connectivity index (χ1n) is 3.91. The number of rotatable bonds is 2. The van der Waals surface area contributed by atoms with E-state index in [4.69, 9.17) is 4.74 Å². The van der Waals surface area contributed by atoms with Gasteiger partial charge < -0.3 is 10.1 Å². The van der Waals surface area contributed by atoms with Crippen LogP contribution in [0, 0.1) is 0 Å². The molecule has 0 aromatic heterocycles. The molecule has 10 heavy (non-hydrogen) atoms. The molecule has 2 nitrogen and oxygen atoms in total. The third kappa shape index (κ3) is 2.50. The van der Waals surface area contributed by atoms with Crippen molar-refractivity contribution in [2.75, 3.05) is 19.8 Å². The monoisotopic (exact) mass is 141 g/mol. The van der Waals surface area contributed by atoms with Gasteiger partial charge in [-0.15, -0.1) is 0 Å². The van der Waals surface area contributed by atoms with Gasteiger partial charge in [-0.1, -0.05) is 19.1 Å². The second-order valence-corrected chi connectivity index (χ2v) is 2.47. The third-order valence-corrected chi connectivity index (χ3v) is 1.55. The highest BCUT2D eigenvalue weighted by atomic mass is 16.5. The fraction of sp³-hybridized carbons (Fsp3) is 0.750. The molecule has 1 N–H and O–H groups in total. The van der Waals surface area contributed by atoms with Crippen LogP contribution in [-0.4, -0.2) is 25.8 Å². The molecule has 0 bridgehead atoms.